The van der Waals surface area contributed by atoms with Crippen molar-refractivity contribution in [2.45, 2.75) is 19.1 Å². The summed E-state index contributed by atoms with van der Waals surface area (Å²) in [5.74, 6) is -1.61. The predicted octanol–water partition coefficient (Wildman–Crippen LogP) is 1.93. The summed E-state index contributed by atoms with van der Waals surface area (Å²) in [5.41, 5.74) is 1.60. The number of carbonyl (C=O) groups is 3. The second-order valence-corrected chi connectivity index (χ2v) is 6.42. The number of aldehydes is 1. The highest BCUT2D eigenvalue weighted by atomic mass is 16.5. The summed E-state index contributed by atoms with van der Waals surface area (Å²) < 4.78 is 5.57. The Balaban J connectivity index is 1.62. The van der Waals surface area contributed by atoms with Gasteiger partial charge in [-0.05, 0) is 29.8 Å². The van der Waals surface area contributed by atoms with Crippen molar-refractivity contribution >= 4 is 18.2 Å². The van der Waals surface area contributed by atoms with Crippen LogP contribution in [0.3, 0.4) is 0 Å². The van der Waals surface area contributed by atoms with E-state index in [9.17, 15) is 24.6 Å². The number of aromatic amines is 1. The monoisotopic (exact) mass is 409 g/mol. The van der Waals surface area contributed by atoms with Gasteiger partial charge in [0.25, 0.3) is 5.91 Å². The number of hydrogen-bond acceptors (Lipinski definition) is 6. The normalized spacial score (nSPS) is 11.5. The van der Waals surface area contributed by atoms with Gasteiger partial charge in [0.2, 0.25) is 0 Å². The molecule has 0 bridgehead atoms. The molecule has 0 saturated carbocycles. The van der Waals surface area contributed by atoms with Crippen LogP contribution in [0.2, 0.25) is 0 Å². The molecule has 0 radical (unpaired) electrons. The lowest BCUT2D eigenvalue weighted by Gasteiger charge is -2.14. The van der Waals surface area contributed by atoms with E-state index in [2.05, 4.69) is 15.3 Å². The highest BCUT2D eigenvalue weighted by Crippen LogP contribution is 2.26. The van der Waals surface area contributed by atoms with Crippen LogP contribution in [0.4, 0.5) is 0 Å². The number of carboxylic acid groups (broad SMARTS) is 1. The Kier molecular flexibility index (Phi) is 6.43. The molecule has 1 amide bonds. The van der Waals surface area contributed by atoms with E-state index in [0.29, 0.717) is 12.0 Å². The van der Waals surface area contributed by atoms with Crippen molar-refractivity contribution in [1.82, 2.24) is 15.3 Å². The second-order valence-electron chi connectivity index (χ2n) is 6.42. The van der Waals surface area contributed by atoms with Crippen molar-refractivity contribution in [2.24, 2.45) is 0 Å². The van der Waals surface area contributed by atoms with Crippen LogP contribution in [0, 0.1) is 0 Å². The molecule has 0 unspecified atom stereocenters. The third kappa shape index (κ3) is 5.02. The lowest BCUT2D eigenvalue weighted by atomic mass is 10.1. The van der Waals surface area contributed by atoms with Gasteiger partial charge in [-0.3, -0.25) is 9.59 Å². The maximum Gasteiger partial charge on any atom is 0.326 e. The minimum Gasteiger partial charge on any atom is -0.507 e. The number of aromatic nitrogens is 2. The minimum absolute atomic E-state index is 0.0550. The van der Waals surface area contributed by atoms with E-state index in [1.54, 1.807) is 42.6 Å². The number of aliphatic carboxylic acids is 1. The molecule has 0 spiro atoms. The van der Waals surface area contributed by atoms with Crippen LogP contribution < -0.4 is 10.1 Å². The Bertz CT molecular complexity index is 1030. The Morgan fingerprint density at radius 1 is 1.20 bits per heavy atom. The number of carbonyl (C=O) groups excluding carboxylic acids is 2. The number of hydrogen-bond donors (Lipinski definition) is 4. The fourth-order valence-electron chi connectivity index (χ4n) is 2.74. The zero-order valence-corrected chi connectivity index (χ0v) is 15.7. The highest BCUT2D eigenvalue weighted by Gasteiger charge is 2.22. The van der Waals surface area contributed by atoms with Crippen molar-refractivity contribution in [3.05, 3.63) is 77.4 Å². The van der Waals surface area contributed by atoms with E-state index in [1.807, 2.05) is 0 Å². The first-order valence-electron chi connectivity index (χ1n) is 8.98. The van der Waals surface area contributed by atoms with Gasteiger partial charge < -0.3 is 25.3 Å². The number of ether oxygens (including phenoxy) is 1. The third-order valence-electron chi connectivity index (χ3n) is 4.34. The average Bonchev–Trinajstić information content (AvgIpc) is 3.25. The molecule has 3 aromatic rings. The first kappa shape index (κ1) is 20.6. The van der Waals surface area contributed by atoms with E-state index in [-0.39, 0.29) is 35.7 Å². The number of nitrogens with zero attached hydrogens (tertiary/aromatic N) is 1. The smallest absolute Gasteiger partial charge is 0.326 e. The van der Waals surface area contributed by atoms with Crippen molar-refractivity contribution in [3.8, 4) is 11.5 Å². The van der Waals surface area contributed by atoms with E-state index in [4.69, 9.17) is 4.74 Å². The first-order valence-corrected chi connectivity index (χ1v) is 8.98. The quantitative estimate of drug-likeness (QED) is 0.396. The zero-order chi connectivity index (χ0) is 21.5. The number of carboxylic acids is 1. The van der Waals surface area contributed by atoms with Gasteiger partial charge in [0.05, 0.1) is 17.6 Å². The molecular formula is C21H19N3O6. The van der Waals surface area contributed by atoms with E-state index >= 15 is 0 Å². The lowest BCUT2D eigenvalue weighted by Crippen LogP contribution is -2.42. The molecule has 1 heterocycles. The summed E-state index contributed by atoms with van der Waals surface area (Å²) in [4.78, 5) is 41.6. The summed E-state index contributed by atoms with van der Waals surface area (Å²) in [5, 5.41) is 21.5. The molecule has 0 fully saturated rings. The van der Waals surface area contributed by atoms with Crippen LogP contribution in [-0.2, 0) is 17.8 Å². The molecule has 30 heavy (non-hydrogen) atoms. The maximum absolute atomic E-state index is 12.4. The van der Waals surface area contributed by atoms with Crippen molar-refractivity contribution < 1.29 is 29.3 Å². The van der Waals surface area contributed by atoms with Crippen molar-refractivity contribution in [2.75, 3.05) is 0 Å². The Labute approximate surface area is 171 Å². The topological polar surface area (TPSA) is 142 Å². The van der Waals surface area contributed by atoms with Crippen LogP contribution in [0.1, 0.15) is 32.0 Å². The van der Waals surface area contributed by atoms with Crippen LogP contribution in [0.15, 0.2) is 55.0 Å². The Morgan fingerprint density at radius 2 is 1.97 bits per heavy atom. The van der Waals surface area contributed by atoms with E-state index < -0.39 is 17.9 Å². The molecule has 0 aliphatic carbocycles. The molecule has 0 aliphatic rings. The largest absolute Gasteiger partial charge is 0.507 e. The van der Waals surface area contributed by atoms with Crippen molar-refractivity contribution in [3.63, 3.8) is 0 Å². The molecule has 1 aromatic heterocycles. The van der Waals surface area contributed by atoms with E-state index in [0.717, 1.165) is 5.56 Å². The van der Waals surface area contributed by atoms with Crippen molar-refractivity contribution in [1.29, 1.82) is 0 Å². The molecule has 4 N–H and O–H groups in total. The zero-order valence-electron chi connectivity index (χ0n) is 15.7. The third-order valence-corrected chi connectivity index (χ3v) is 4.34. The molecule has 9 heteroatoms. The number of aromatic hydroxyl groups is 1. The predicted molar refractivity (Wildman–Crippen MR) is 105 cm³/mol. The molecule has 9 nitrogen and oxygen atoms in total. The maximum atomic E-state index is 12.4. The van der Waals surface area contributed by atoms with Crippen LogP contribution >= 0.6 is 0 Å². The SMILES string of the molecule is O=Cc1c(O)cccc1OCc1ccc(C(=O)N[C@@H](Cc2c[nH]cn2)C(=O)O)cc1. The minimum atomic E-state index is -1.16. The molecule has 0 saturated heterocycles. The number of imidazole rings is 1. The number of phenolic OH excluding ortho intramolecular Hbond substituents is 1. The summed E-state index contributed by atoms with van der Waals surface area (Å²) in [7, 11) is 0. The highest BCUT2D eigenvalue weighted by molar-refractivity contribution is 5.96. The molecule has 154 valence electrons. The summed E-state index contributed by atoms with van der Waals surface area (Å²) in [6, 6.07) is 9.80. The fourth-order valence-corrected chi connectivity index (χ4v) is 2.74. The number of nitrogens with one attached hydrogen (secondary N) is 2. The van der Waals surface area contributed by atoms with Gasteiger partial charge in [0.15, 0.2) is 6.29 Å². The Hall–Kier alpha value is -4.14. The molecule has 0 aliphatic heterocycles. The van der Waals surface area contributed by atoms with Gasteiger partial charge in [-0.2, -0.15) is 0 Å². The van der Waals surface area contributed by atoms with Crippen LogP contribution in [-0.4, -0.2) is 44.4 Å². The van der Waals surface area contributed by atoms with Crippen LogP contribution in [0.5, 0.6) is 11.5 Å². The number of H-pyrrole nitrogens is 1. The van der Waals surface area contributed by atoms with Gasteiger partial charge in [-0.15, -0.1) is 0 Å². The molecular weight excluding hydrogens is 390 g/mol. The second kappa shape index (κ2) is 9.37. The summed E-state index contributed by atoms with van der Waals surface area (Å²) in [6.45, 7) is 0.114. The Morgan fingerprint density at radius 3 is 2.60 bits per heavy atom. The van der Waals surface area contributed by atoms with Crippen LogP contribution in [0.25, 0.3) is 0 Å². The number of phenols is 1. The number of benzene rings is 2. The molecule has 2 aromatic carbocycles. The van der Waals surface area contributed by atoms with Gasteiger partial charge in [-0.1, -0.05) is 18.2 Å². The average molecular weight is 409 g/mol. The fraction of sp³-hybridized carbons (Fsp3) is 0.143. The summed E-state index contributed by atoms with van der Waals surface area (Å²) in [6.07, 6.45) is 3.57. The van der Waals surface area contributed by atoms with Gasteiger partial charge >= 0.3 is 5.97 Å². The molecule has 3 rings (SSSR count). The standard InChI is InChI=1S/C21H19N3O6/c25-10-16-18(26)2-1-3-19(16)30-11-13-4-6-14(7-5-13)20(27)24-17(21(28)29)8-15-9-22-12-23-15/h1-7,9-10,12,17,26H,8,11H2,(H,22,23)(H,24,27)(H,28,29)/t17-/m0/s1. The van der Waals surface area contributed by atoms with Gasteiger partial charge in [0, 0.05) is 18.2 Å². The first-order chi connectivity index (χ1) is 14.5. The number of amides is 1. The van der Waals surface area contributed by atoms with Gasteiger partial charge in [-0.25, -0.2) is 9.78 Å². The lowest BCUT2D eigenvalue weighted by molar-refractivity contribution is -0.139. The molecule has 1 atom stereocenters. The summed E-state index contributed by atoms with van der Waals surface area (Å²) >= 11 is 0. The van der Waals surface area contributed by atoms with E-state index in [1.165, 1.54) is 12.4 Å². The number of rotatable bonds is 9. The van der Waals surface area contributed by atoms with Gasteiger partial charge in [0.1, 0.15) is 24.1 Å².